The van der Waals surface area contributed by atoms with Gasteiger partial charge in [-0.25, -0.2) is 5.48 Å². The van der Waals surface area contributed by atoms with Gasteiger partial charge in [0.1, 0.15) is 0 Å². The summed E-state index contributed by atoms with van der Waals surface area (Å²) in [5.41, 5.74) is 5.11. The fourth-order valence-corrected chi connectivity index (χ4v) is 4.79. The third-order valence-electron chi connectivity index (χ3n) is 5.10. The van der Waals surface area contributed by atoms with Crippen LogP contribution in [0.1, 0.15) is 32.1 Å². The zero-order valence-electron chi connectivity index (χ0n) is 14.4. The number of nitrogens with zero attached hydrogens (tertiary/aromatic N) is 2. The molecule has 0 spiro atoms. The van der Waals surface area contributed by atoms with Crippen molar-refractivity contribution in [2.45, 2.75) is 25.8 Å². The zero-order chi connectivity index (χ0) is 18.1. The number of benzene rings is 1. The normalized spacial score (nSPS) is 16.3. The fraction of sp³-hybridized carbons (Fsp3) is 0.368. The second-order valence-electron chi connectivity index (χ2n) is 6.70. The van der Waals surface area contributed by atoms with Gasteiger partial charge in [0.25, 0.3) is 5.91 Å². The maximum atomic E-state index is 12.6. The Kier molecular flexibility index (Phi) is 4.76. The molecule has 2 N–H and O–H groups in total. The third kappa shape index (κ3) is 3.25. The van der Waals surface area contributed by atoms with Crippen molar-refractivity contribution in [1.29, 1.82) is 0 Å². The number of hydroxylamine groups is 1. The Bertz CT molecular complexity index is 848. The largest absolute Gasteiger partial charge is 0.312 e. The number of carbonyl (C=O) groups excluding carboxylic acids is 2. The molecule has 0 atom stereocenters. The molecule has 4 rings (SSSR count). The van der Waals surface area contributed by atoms with Crippen molar-refractivity contribution in [3.63, 3.8) is 0 Å². The lowest BCUT2D eigenvalue weighted by Gasteiger charge is -2.27. The Hall–Kier alpha value is -2.22. The van der Waals surface area contributed by atoms with Crippen LogP contribution < -0.4 is 10.4 Å². The first-order valence-electron chi connectivity index (χ1n) is 8.82. The lowest BCUT2D eigenvalue weighted by atomic mass is 10.1. The minimum absolute atomic E-state index is 0.173. The molecule has 1 aromatic carbocycles. The Balaban J connectivity index is 1.35. The number of para-hydroxylation sites is 1. The van der Waals surface area contributed by atoms with Crippen LogP contribution in [-0.2, 0) is 24.2 Å². The van der Waals surface area contributed by atoms with Gasteiger partial charge in [0, 0.05) is 43.2 Å². The van der Waals surface area contributed by atoms with Gasteiger partial charge in [-0.05, 0) is 36.1 Å². The molecule has 0 fully saturated rings. The average Bonchev–Trinajstić information content (AvgIpc) is 3.29. The molecule has 3 heterocycles. The smallest absolute Gasteiger partial charge is 0.284 e. The van der Waals surface area contributed by atoms with E-state index in [0.717, 1.165) is 43.7 Å². The molecule has 2 aromatic rings. The molecular weight excluding hydrogens is 350 g/mol. The number of anilines is 1. The molecule has 0 saturated heterocycles. The first-order valence-corrected chi connectivity index (χ1v) is 9.64. The summed E-state index contributed by atoms with van der Waals surface area (Å²) in [4.78, 5) is 30.1. The van der Waals surface area contributed by atoms with Crippen LogP contribution >= 0.6 is 11.3 Å². The summed E-state index contributed by atoms with van der Waals surface area (Å²) in [7, 11) is 0. The average molecular weight is 371 g/mol. The van der Waals surface area contributed by atoms with E-state index in [0.29, 0.717) is 17.8 Å². The van der Waals surface area contributed by atoms with Gasteiger partial charge in [-0.3, -0.25) is 19.7 Å². The molecule has 136 valence electrons. The van der Waals surface area contributed by atoms with Crippen molar-refractivity contribution >= 4 is 28.8 Å². The van der Waals surface area contributed by atoms with Crippen LogP contribution in [0.15, 0.2) is 30.3 Å². The summed E-state index contributed by atoms with van der Waals surface area (Å²) < 4.78 is 0. The van der Waals surface area contributed by atoms with E-state index >= 15 is 0 Å². The standard InChI is InChI=1S/C19H21N3O3S/c23-18(22-10-5-13-3-1-2-4-15(13)22)7-9-21-8-6-16-14(12-21)11-17(26-16)19(24)20-25/h1-4,11,25H,5-10,12H2,(H,20,24). The molecule has 0 radical (unpaired) electrons. The highest BCUT2D eigenvalue weighted by Gasteiger charge is 2.26. The highest BCUT2D eigenvalue weighted by Crippen LogP contribution is 2.30. The van der Waals surface area contributed by atoms with Gasteiger partial charge in [-0.15, -0.1) is 11.3 Å². The van der Waals surface area contributed by atoms with E-state index < -0.39 is 5.91 Å². The summed E-state index contributed by atoms with van der Waals surface area (Å²) in [6.45, 7) is 3.12. The summed E-state index contributed by atoms with van der Waals surface area (Å²) in [5.74, 6) is -0.287. The van der Waals surface area contributed by atoms with E-state index in [1.807, 2.05) is 29.2 Å². The van der Waals surface area contributed by atoms with Gasteiger partial charge in [0.05, 0.1) is 4.88 Å². The number of rotatable bonds is 4. The lowest BCUT2D eigenvalue weighted by molar-refractivity contribution is -0.118. The quantitative estimate of drug-likeness (QED) is 0.638. The number of hydrogen-bond donors (Lipinski definition) is 2. The molecule has 6 nitrogen and oxygen atoms in total. The van der Waals surface area contributed by atoms with Gasteiger partial charge in [0.2, 0.25) is 5.91 Å². The number of nitrogens with one attached hydrogen (secondary N) is 1. The van der Waals surface area contributed by atoms with Gasteiger partial charge in [-0.2, -0.15) is 0 Å². The van der Waals surface area contributed by atoms with Crippen LogP contribution in [0.3, 0.4) is 0 Å². The highest BCUT2D eigenvalue weighted by molar-refractivity contribution is 7.14. The number of thiophene rings is 1. The van der Waals surface area contributed by atoms with Crippen molar-refractivity contribution in [2.24, 2.45) is 0 Å². The summed E-state index contributed by atoms with van der Waals surface area (Å²) >= 11 is 1.43. The maximum absolute atomic E-state index is 12.6. The Morgan fingerprint density at radius 2 is 2.00 bits per heavy atom. The number of hydrogen-bond acceptors (Lipinski definition) is 5. The molecule has 2 aliphatic rings. The summed E-state index contributed by atoms with van der Waals surface area (Å²) in [5, 5.41) is 8.77. The third-order valence-corrected chi connectivity index (χ3v) is 6.34. The van der Waals surface area contributed by atoms with Gasteiger partial charge in [-0.1, -0.05) is 18.2 Å². The van der Waals surface area contributed by atoms with E-state index in [1.54, 1.807) is 5.48 Å². The second kappa shape index (κ2) is 7.19. The van der Waals surface area contributed by atoms with E-state index in [1.165, 1.54) is 21.8 Å². The van der Waals surface area contributed by atoms with E-state index in [9.17, 15) is 9.59 Å². The van der Waals surface area contributed by atoms with Crippen molar-refractivity contribution in [3.8, 4) is 0 Å². The van der Waals surface area contributed by atoms with Crippen molar-refractivity contribution in [1.82, 2.24) is 10.4 Å². The minimum Gasteiger partial charge on any atom is -0.312 e. The van der Waals surface area contributed by atoms with E-state index in [4.69, 9.17) is 5.21 Å². The molecule has 0 bridgehead atoms. The highest BCUT2D eigenvalue weighted by atomic mass is 32.1. The van der Waals surface area contributed by atoms with Crippen LogP contribution in [0.2, 0.25) is 0 Å². The predicted octanol–water partition coefficient (Wildman–Crippen LogP) is 2.20. The molecule has 0 unspecified atom stereocenters. The van der Waals surface area contributed by atoms with Gasteiger partial charge >= 0.3 is 0 Å². The molecular formula is C19H21N3O3S. The molecule has 0 aliphatic carbocycles. The molecule has 2 amide bonds. The zero-order valence-corrected chi connectivity index (χ0v) is 15.2. The van der Waals surface area contributed by atoms with E-state index in [-0.39, 0.29) is 5.91 Å². The number of carbonyl (C=O) groups is 2. The molecule has 7 heteroatoms. The lowest BCUT2D eigenvalue weighted by Crippen LogP contribution is -2.35. The number of amides is 2. The summed E-state index contributed by atoms with van der Waals surface area (Å²) in [6.07, 6.45) is 2.30. The second-order valence-corrected chi connectivity index (χ2v) is 7.84. The van der Waals surface area contributed by atoms with Crippen molar-refractivity contribution < 1.29 is 14.8 Å². The topological polar surface area (TPSA) is 72.9 Å². The summed E-state index contributed by atoms with van der Waals surface area (Å²) in [6, 6.07) is 9.95. The first kappa shape index (κ1) is 17.2. The monoisotopic (exact) mass is 371 g/mol. The maximum Gasteiger partial charge on any atom is 0.284 e. The SMILES string of the molecule is O=C(NO)c1cc2c(s1)CCN(CCC(=O)N1CCc3ccccc31)C2. The first-order chi connectivity index (χ1) is 12.7. The molecule has 26 heavy (non-hydrogen) atoms. The van der Waals surface area contributed by atoms with Crippen LogP contribution in [0, 0.1) is 0 Å². The van der Waals surface area contributed by atoms with Crippen molar-refractivity contribution in [3.05, 3.63) is 51.2 Å². The Morgan fingerprint density at radius 3 is 2.85 bits per heavy atom. The van der Waals surface area contributed by atoms with Gasteiger partial charge < -0.3 is 4.90 Å². The molecule has 2 aliphatic heterocycles. The van der Waals surface area contributed by atoms with E-state index in [2.05, 4.69) is 11.0 Å². The van der Waals surface area contributed by atoms with Crippen LogP contribution in [-0.4, -0.2) is 41.6 Å². The molecule has 0 saturated carbocycles. The minimum atomic E-state index is -0.459. The fourth-order valence-electron chi connectivity index (χ4n) is 3.74. The van der Waals surface area contributed by atoms with Crippen molar-refractivity contribution in [2.75, 3.05) is 24.5 Å². The van der Waals surface area contributed by atoms with Gasteiger partial charge in [0.15, 0.2) is 0 Å². The molecule has 1 aromatic heterocycles. The predicted molar refractivity (Wildman–Crippen MR) is 99.7 cm³/mol. The number of fused-ring (bicyclic) bond motifs is 2. The Labute approximate surface area is 156 Å². The van der Waals surface area contributed by atoms with Crippen LogP contribution in [0.5, 0.6) is 0 Å². The van der Waals surface area contributed by atoms with Crippen LogP contribution in [0.25, 0.3) is 0 Å². The Morgan fingerprint density at radius 1 is 1.15 bits per heavy atom. The van der Waals surface area contributed by atoms with Crippen LogP contribution in [0.4, 0.5) is 5.69 Å².